The Balaban J connectivity index is 1.89. The molecule has 1 aliphatic rings. The normalized spacial score (nSPS) is 20.0. The second kappa shape index (κ2) is 5.37. The second-order valence-electron chi connectivity index (χ2n) is 4.80. The van der Waals surface area contributed by atoms with Crippen LogP contribution in [0.15, 0.2) is 18.2 Å². The smallest absolute Gasteiger partial charge is 0.238 e. The van der Waals surface area contributed by atoms with Gasteiger partial charge in [-0.05, 0) is 31.0 Å². The van der Waals surface area contributed by atoms with E-state index in [2.05, 4.69) is 5.32 Å². The predicted octanol–water partition coefficient (Wildman–Crippen LogP) is 0.582. The zero-order valence-electron chi connectivity index (χ0n) is 10.5. The van der Waals surface area contributed by atoms with E-state index in [1.54, 1.807) is 6.07 Å². The Morgan fingerprint density at radius 2 is 2.39 bits per heavy atom. The standard InChI is InChI=1S/C13H19N3O2/c1-9-2-3-10(6-12(9)14)15-13(18)8-16-5-4-11(17)7-16/h2-3,6,11,17H,4-5,7-8,14H2,1H3,(H,15,18). The summed E-state index contributed by atoms with van der Waals surface area (Å²) in [5.41, 5.74) is 8.16. The number of β-amino-alcohol motifs (C(OH)–C–C–N with tert-alkyl or cyclic N) is 1. The van der Waals surface area contributed by atoms with Crippen LogP contribution in [0.4, 0.5) is 11.4 Å². The van der Waals surface area contributed by atoms with Gasteiger partial charge in [-0.3, -0.25) is 9.69 Å². The zero-order chi connectivity index (χ0) is 13.1. The van der Waals surface area contributed by atoms with Crippen LogP contribution in [-0.2, 0) is 4.79 Å². The molecule has 0 aromatic heterocycles. The number of benzene rings is 1. The maximum absolute atomic E-state index is 11.8. The number of carbonyl (C=O) groups excluding carboxylic acids is 1. The summed E-state index contributed by atoms with van der Waals surface area (Å²) >= 11 is 0. The Labute approximate surface area is 107 Å². The van der Waals surface area contributed by atoms with E-state index in [0.29, 0.717) is 24.5 Å². The summed E-state index contributed by atoms with van der Waals surface area (Å²) in [5.74, 6) is -0.0765. The molecule has 1 heterocycles. The maximum atomic E-state index is 11.8. The Kier molecular flexibility index (Phi) is 3.84. The van der Waals surface area contributed by atoms with Crippen LogP contribution in [0.1, 0.15) is 12.0 Å². The topological polar surface area (TPSA) is 78.6 Å². The predicted molar refractivity (Wildman–Crippen MR) is 71.3 cm³/mol. The van der Waals surface area contributed by atoms with Crippen LogP contribution in [0.2, 0.25) is 0 Å². The van der Waals surface area contributed by atoms with E-state index < -0.39 is 0 Å². The molecule has 5 nitrogen and oxygen atoms in total. The van der Waals surface area contributed by atoms with Crippen molar-refractivity contribution in [1.29, 1.82) is 0 Å². The van der Waals surface area contributed by atoms with Crippen LogP contribution in [0, 0.1) is 6.92 Å². The molecule has 0 aliphatic carbocycles. The van der Waals surface area contributed by atoms with Crippen LogP contribution in [0.25, 0.3) is 0 Å². The van der Waals surface area contributed by atoms with Crippen LogP contribution in [0.5, 0.6) is 0 Å². The van der Waals surface area contributed by atoms with Gasteiger partial charge in [-0.1, -0.05) is 6.07 Å². The van der Waals surface area contributed by atoms with Gasteiger partial charge in [0.25, 0.3) is 0 Å². The zero-order valence-corrected chi connectivity index (χ0v) is 10.5. The highest BCUT2D eigenvalue weighted by Crippen LogP contribution is 2.17. The number of nitrogens with two attached hydrogens (primary N) is 1. The van der Waals surface area contributed by atoms with Crippen molar-refractivity contribution in [2.45, 2.75) is 19.4 Å². The lowest BCUT2D eigenvalue weighted by Crippen LogP contribution is -2.32. The monoisotopic (exact) mass is 249 g/mol. The van der Waals surface area contributed by atoms with Crippen molar-refractivity contribution < 1.29 is 9.90 Å². The molecular weight excluding hydrogens is 230 g/mol. The highest BCUT2D eigenvalue weighted by molar-refractivity contribution is 5.92. The third-order valence-corrected chi connectivity index (χ3v) is 3.18. The van der Waals surface area contributed by atoms with Gasteiger partial charge < -0.3 is 16.2 Å². The molecule has 1 unspecified atom stereocenters. The molecule has 1 amide bonds. The first-order chi connectivity index (χ1) is 8.54. The SMILES string of the molecule is Cc1ccc(NC(=O)CN2CCC(O)C2)cc1N. The first-order valence-electron chi connectivity index (χ1n) is 6.11. The number of rotatable bonds is 3. The van der Waals surface area contributed by atoms with E-state index >= 15 is 0 Å². The van der Waals surface area contributed by atoms with E-state index in [4.69, 9.17) is 5.73 Å². The van der Waals surface area contributed by atoms with Crippen molar-refractivity contribution in [2.24, 2.45) is 0 Å². The number of nitrogens with one attached hydrogen (secondary N) is 1. The molecule has 1 fully saturated rings. The van der Waals surface area contributed by atoms with Gasteiger partial charge in [0.15, 0.2) is 0 Å². The molecule has 98 valence electrons. The number of aliphatic hydroxyl groups excluding tert-OH is 1. The molecule has 1 aromatic carbocycles. The van der Waals surface area contributed by atoms with Crippen molar-refractivity contribution in [3.05, 3.63) is 23.8 Å². The average molecular weight is 249 g/mol. The number of carbonyl (C=O) groups is 1. The number of hydrogen-bond acceptors (Lipinski definition) is 4. The molecule has 0 radical (unpaired) electrons. The highest BCUT2D eigenvalue weighted by atomic mass is 16.3. The summed E-state index contributed by atoms with van der Waals surface area (Å²) in [7, 11) is 0. The summed E-state index contributed by atoms with van der Waals surface area (Å²) in [6, 6.07) is 5.47. The first kappa shape index (κ1) is 12.9. The molecule has 1 aliphatic heterocycles. The van der Waals surface area contributed by atoms with Gasteiger partial charge in [0.2, 0.25) is 5.91 Å². The van der Waals surface area contributed by atoms with Gasteiger partial charge in [0.1, 0.15) is 0 Å². The Hall–Kier alpha value is -1.59. The minimum atomic E-state index is -0.298. The number of aliphatic hydroxyl groups is 1. The molecule has 5 heteroatoms. The summed E-state index contributed by atoms with van der Waals surface area (Å²) in [6.45, 7) is 3.57. The van der Waals surface area contributed by atoms with E-state index in [-0.39, 0.29) is 12.0 Å². The Morgan fingerprint density at radius 1 is 1.61 bits per heavy atom. The van der Waals surface area contributed by atoms with Gasteiger partial charge in [-0.2, -0.15) is 0 Å². The fourth-order valence-electron chi connectivity index (χ4n) is 2.08. The molecule has 18 heavy (non-hydrogen) atoms. The third kappa shape index (κ3) is 3.21. The van der Waals surface area contributed by atoms with Gasteiger partial charge >= 0.3 is 0 Å². The van der Waals surface area contributed by atoms with E-state index in [0.717, 1.165) is 18.5 Å². The minimum Gasteiger partial charge on any atom is -0.398 e. The summed E-state index contributed by atoms with van der Waals surface area (Å²) < 4.78 is 0. The van der Waals surface area contributed by atoms with Crippen molar-refractivity contribution in [3.63, 3.8) is 0 Å². The molecule has 2 rings (SSSR count). The van der Waals surface area contributed by atoms with Crippen LogP contribution in [-0.4, -0.2) is 41.7 Å². The largest absolute Gasteiger partial charge is 0.398 e. The van der Waals surface area contributed by atoms with Crippen LogP contribution >= 0.6 is 0 Å². The maximum Gasteiger partial charge on any atom is 0.238 e. The highest BCUT2D eigenvalue weighted by Gasteiger charge is 2.21. The number of hydrogen-bond donors (Lipinski definition) is 3. The van der Waals surface area contributed by atoms with Crippen molar-refractivity contribution in [1.82, 2.24) is 4.90 Å². The third-order valence-electron chi connectivity index (χ3n) is 3.18. The average Bonchev–Trinajstić information content (AvgIpc) is 2.69. The quantitative estimate of drug-likeness (QED) is 0.685. The van der Waals surface area contributed by atoms with E-state index in [9.17, 15) is 9.90 Å². The number of likely N-dealkylation sites (tertiary alicyclic amines) is 1. The molecule has 1 aromatic rings. The molecule has 0 spiro atoms. The van der Waals surface area contributed by atoms with Crippen molar-refractivity contribution in [3.8, 4) is 0 Å². The summed E-state index contributed by atoms with van der Waals surface area (Å²) in [6.07, 6.45) is 0.443. The van der Waals surface area contributed by atoms with E-state index in [1.165, 1.54) is 0 Å². The Bertz CT molecular complexity index is 448. The fourth-order valence-corrected chi connectivity index (χ4v) is 2.08. The van der Waals surface area contributed by atoms with Crippen LogP contribution < -0.4 is 11.1 Å². The summed E-state index contributed by atoms with van der Waals surface area (Å²) in [5, 5.41) is 12.2. The molecule has 1 atom stereocenters. The van der Waals surface area contributed by atoms with Gasteiger partial charge in [0.05, 0.1) is 12.6 Å². The number of amides is 1. The van der Waals surface area contributed by atoms with Crippen LogP contribution in [0.3, 0.4) is 0 Å². The number of aryl methyl sites for hydroxylation is 1. The Morgan fingerprint density at radius 3 is 3.00 bits per heavy atom. The minimum absolute atomic E-state index is 0.0765. The second-order valence-corrected chi connectivity index (χ2v) is 4.80. The van der Waals surface area contributed by atoms with Gasteiger partial charge in [-0.15, -0.1) is 0 Å². The van der Waals surface area contributed by atoms with E-state index in [1.807, 2.05) is 24.0 Å². The van der Waals surface area contributed by atoms with Gasteiger partial charge in [-0.25, -0.2) is 0 Å². The lowest BCUT2D eigenvalue weighted by atomic mass is 10.2. The molecule has 4 N–H and O–H groups in total. The van der Waals surface area contributed by atoms with Gasteiger partial charge in [0, 0.05) is 24.5 Å². The number of nitrogens with zero attached hydrogens (tertiary/aromatic N) is 1. The first-order valence-corrected chi connectivity index (χ1v) is 6.11. The molecule has 0 saturated carbocycles. The van der Waals surface area contributed by atoms with Crippen molar-refractivity contribution in [2.75, 3.05) is 30.7 Å². The lowest BCUT2D eigenvalue weighted by Gasteiger charge is -2.14. The number of nitrogen functional groups attached to an aromatic ring is 1. The number of anilines is 2. The summed E-state index contributed by atoms with van der Waals surface area (Å²) in [4.78, 5) is 13.7. The molecule has 0 bridgehead atoms. The molecular formula is C13H19N3O2. The molecule has 1 saturated heterocycles. The lowest BCUT2D eigenvalue weighted by molar-refractivity contribution is -0.117. The fraction of sp³-hybridized carbons (Fsp3) is 0.462. The van der Waals surface area contributed by atoms with Crippen molar-refractivity contribution >= 4 is 17.3 Å².